The molecule has 106 valence electrons. The van der Waals surface area contributed by atoms with Gasteiger partial charge in [-0.1, -0.05) is 0 Å². The van der Waals surface area contributed by atoms with Gasteiger partial charge in [0, 0.05) is 36.6 Å². The van der Waals surface area contributed by atoms with Crippen molar-refractivity contribution in [2.45, 2.75) is 32.2 Å². The minimum absolute atomic E-state index is 0.156. The lowest BCUT2D eigenvalue weighted by Gasteiger charge is -2.43. The van der Waals surface area contributed by atoms with Gasteiger partial charge in [-0.05, 0) is 40.8 Å². The molecule has 0 unspecified atom stereocenters. The molecule has 1 aliphatic heterocycles. The van der Waals surface area contributed by atoms with Gasteiger partial charge in [0.15, 0.2) is 0 Å². The van der Waals surface area contributed by atoms with E-state index in [1.54, 1.807) is 6.33 Å². The van der Waals surface area contributed by atoms with Crippen molar-refractivity contribution in [3.8, 4) is 0 Å². The largest absolute Gasteiger partial charge is 0.381 e. The third kappa shape index (κ3) is 3.04. The van der Waals surface area contributed by atoms with Gasteiger partial charge in [-0.25, -0.2) is 9.97 Å². The lowest BCUT2D eigenvalue weighted by Crippen LogP contribution is -2.53. The summed E-state index contributed by atoms with van der Waals surface area (Å²) in [6, 6.07) is 0. The molecule has 1 aromatic rings. The number of aromatic nitrogens is 2. The van der Waals surface area contributed by atoms with E-state index in [2.05, 4.69) is 41.2 Å². The van der Waals surface area contributed by atoms with Crippen molar-refractivity contribution < 1.29 is 4.74 Å². The molecule has 1 aliphatic rings. The highest BCUT2D eigenvalue weighted by atomic mass is 16.5. The Balaban J connectivity index is 2.08. The molecule has 2 rings (SSSR count). The predicted molar refractivity (Wildman–Crippen MR) is 76.5 cm³/mol. The van der Waals surface area contributed by atoms with Crippen LogP contribution < -0.4 is 5.32 Å². The van der Waals surface area contributed by atoms with Crippen LogP contribution in [-0.4, -0.2) is 54.3 Å². The van der Waals surface area contributed by atoms with E-state index in [9.17, 15) is 0 Å². The molecule has 1 saturated heterocycles. The summed E-state index contributed by atoms with van der Waals surface area (Å²) in [5.74, 6) is 0.945. The summed E-state index contributed by atoms with van der Waals surface area (Å²) >= 11 is 0. The minimum atomic E-state index is 0.156. The van der Waals surface area contributed by atoms with Crippen LogP contribution in [0.15, 0.2) is 6.33 Å². The van der Waals surface area contributed by atoms with Crippen LogP contribution in [0, 0.1) is 13.8 Å². The molecule has 0 aliphatic carbocycles. The molecular weight excluding hydrogens is 240 g/mol. The van der Waals surface area contributed by atoms with Crippen molar-refractivity contribution in [1.82, 2.24) is 14.9 Å². The minimum Gasteiger partial charge on any atom is -0.381 e. The summed E-state index contributed by atoms with van der Waals surface area (Å²) < 4.78 is 5.49. The highest BCUT2D eigenvalue weighted by molar-refractivity contribution is 5.44. The number of hydrogen-bond donors (Lipinski definition) is 1. The van der Waals surface area contributed by atoms with Crippen LogP contribution in [0.25, 0.3) is 0 Å². The Kier molecular flexibility index (Phi) is 4.37. The Morgan fingerprint density at radius 3 is 2.58 bits per heavy atom. The van der Waals surface area contributed by atoms with Crippen LogP contribution in [-0.2, 0) is 4.74 Å². The second kappa shape index (κ2) is 5.84. The standard InChI is InChI=1S/C14H24N4O/c1-11-12(2)16-10-17-13(11)15-9-14(18(3)4)5-7-19-8-6-14/h10H,5-9H2,1-4H3,(H,15,16,17). The molecule has 1 aromatic heterocycles. The number of likely N-dealkylation sites (N-methyl/N-ethyl adjacent to an activating group) is 1. The summed E-state index contributed by atoms with van der Waals surface area (Å²) in [6.45, 7) is 6.63. The van der Waals surface area contributed by atoms with Gasteiger partial charge in [-0.15, -0.1) is 0 Å². The summed E-state index contributed by atoms with van der Waals surface area (Å²) in [7, 11) is 4.29. The fourth-order valence-electron chi connectivity index (χ4n) is 2.50. The maximum absolute atomic E-state index is 5.49. The fraction of sp³-hybridized carbons (Fsp3) is 0.714. The number of nitrogens with zero attached hydrogens (tertiary/aromatic N) is 3. The maximum atomic E-state index is 5.49. The second-order valence-electron chi connectivity index (χ2n) is 5.52. The Morgan fingerprint density at radius 1 is 1.26 bits per heavy atom. The van der Waals surface area contributed by atoms with Crippen molar-refractivity contribution in [3.05, 3.63) is 17.6 Å². The first-order chi connectivity index (χ1) is 9.05. The van der Waals surface area contributed by atoms with Crippen LogP contribution in [0.1, 0.15) is 24.1 Å². The SMILES string of the molecule is Cc1ncnc(NCC2(N(C)C)CCOCC2)c1C. The fourth-order valence-corrected chi connectivity index (χ4v) is 2.50. The van der Waals surface area contributed by atoms with E-state index in [-0.39, 0.29) is 5.54 Å². The molecule has 0 spiro atoms. The number of aryl methyl sites for hydroxylation is 1. The van der Waals surface area contributed by atoms with E-state index in [4.69, 9.17) is 4.74 Å². The van der Waals surface area contributed by atoms with Crippen LogP contribution >= 0.6 is 0 Å². The number of nitrogens with one attached hydrogen (secondary N) is 1. The van der Waals surface area contributed by atoms with Gasteiger partial charge in [0.1, 0.15) is 12.1 Å². The molecule has 0 aromatic carbocycles. The molecule has 0 bridgehead atoms. The summed E-state index contributed by atoms with van der Waals surface area (Å²) in [5, 5.41) is 3.50. The Morgan fingerprint density at radius 2 is 1.95 bits per heavy atom. The topological polar surface area (TPSA) is 50.3 Å². The molecule has 19 heavy (non-hydrogen) atoms. The quantitative estimate of drug-likeness (QED) is 0.895. The summed E-state index contributed by atoms with van der Waals surface area (Å²) in [6.07, 6.45) is 3.73. The summed E-state index contributed by atoms with van der Waals surface area (Å²) in [5.41, 5.74) is 2.32. The lowest BCUT2D eigenvalue weighted by atomic mass is 9.88. The first-order valence-electron chi connectivity index (χ1n) is 6.82. The van der Waals surface area contributed by atoms with Crippen molar-refractivity contribution in [1.29, 1.82) is 0 Å². The molecule has 1 N–H and O–H groups in total. The van der Waals surface area contributed by atoms with Gasteiger partial charge >= 0.3 is 0 Å². The zero-order valence-corrected chi connectivity index (χ0v) is 12.4. The smallest absolute Gasteiger partial charge is 0.132 e. The van der Waals surface area contributed by atoms with Crippen molar-refractivity contribution >= 4 is 5.82 Å². The highest BCUT2D eigenvalue weighted by Crippen LogP contribution is 2.26. The maximum Gasteiger partial charge on any atom is 0.132 e. The Labute approximate surface area is 115 Å². The second-order valence-corrected chi connectivity index (χ2v) is 5.52. The first kappa shape index (κ1) is 14.2. The molecule has 0 atom stereocenters. The third-order valence-corrected chi connectivity index (χ3v) is 4.29. The molecule has 5 heteroatoms. The average molecular weight is 264 g/mol. The molecule has 0 saturated carbocycles. The predicted octanol–water partition coefficient (Wildman–Crippen LogP) is 1.62. The zero-order chi connectivity index (χ0) is 13.9. The summed E-state index contributed by atoms with van der Waals surface area (Å²) in [4.78, 5) is 10.9. The zero-order valence-electron chi connectivity index (χ0n) is 12.4. The van der Waals surface area contributed by atoms with E-state index >= 15 is 0 Å². The van der Waals surface area contributed by atoms with E-state index in [1.807, 2.05) is 6.92 Å². The van der Waals surface area contributed by atoms with Gasteiger partial charge in [-0.2, -0.15) is 0 Å². The van der Waals surface area contributed by atoms with Crippen molar-refractivity contribution in [2.24, 2.45) is 0 Å². The van der Waals surface area contributed by atoms with E-state index < -0.39 is 0 Å². The van der Waals surface area contributed by atoms with Crippen molar-refractivity contribution in [3.63, 3.8) is 0 Å². The molecule has 5 nitrogen and oxygen atoms in total. The van der Waals surface area contributed by atoms with E-state index in [0.29, 0.717) is 0 Å². The monoisotopic (exact) mass is 264 g/mol. The highest BCUT2D eigenvalue weighted by Gasteiger charge is 2.34. The van der Waals surface area contributed by atoms with Gasteiger partial charge in [0.2, 0.25) is 0 Å². The third-order valence-electron chi connectivity index (χ3n) is 4.29. The molecule has 0 amide bonds. The Hall–Kier alpha value is -1.20. The number of ether oxygens (including phenoxy) is 1. The van der Waals surface area contributed by atoms with Gasteiger partial charge < -0.3 is 15.0 Å². The molecule has 2 heterocycles. The first-order valence-corrected chi connectivity index (χ1v) is 6.82. The number of anilines is 1. The molecular formula is C14H24N4O. The lowest BCUT2D eigenvalue weighted by molar-refractivity contribution is -0.000670. The van der Waals surface area contributed by atoms with Crippen LogP contribution in [0.4, 0.5) is 5.82 Å². The van der Waals surface area contributed by atoms with Crippen molar-refractivity contribution in [2.75, 3.05) is 39.2 Å². The molecule has 1 fully saturated rings. The van der Waals surface area contributed by atoms with E-state index in [1.165, 1.54) is 0 Å². The number of hydrogen-bond acceptors (Lipinski definition) is 5. The van der Waals surface area contributed by atoms with Crippen LogP contribution in [0.5, 0.6) is 0 Å². The number of rotatable bonds is 4. The van der Waals surface area contributed by atoms with Gasteiger partial charge in [0.25, 0.3) is 0 Å². The van der Waals surface area contributed by atoms with Gasteiger partial charge in [-0.3, -0.25) is 0 Å². The van der Waals surface area contributed by atoms with E-state index in [0.717, 1.165) is 49.7 Å². The Bertz CT molecular complexity index is 427. The van der Waals surface area contributed by atoms with Crippen LogP contribution in [0.3, 0.4) is 0 Å². The molecule has 0 radical (unpaired) electrons. The average Bonchev–Trinajstić information content (AvgIpc) is 2.41. The normalized spacial score (nSPS) is 18.6. The van der Waals surface area contributed by atoms with Crippen LogP contribution in [0.2, 0.25) is 0 Å². The van der Waals surface area contributed by atoms with Gasteiger partial charge in [0.05, 0.1) is 0 Å².